The Morgan fingerprint density at radius 3 is 2.32 bits per heavy atom. The fourth-order valence-electron chi connectivity index (χ4n) is 2.48. The van der Waals surface area contributed by atoms with Crippen LogP contribution in [0, 0.1) is 6.92 Å². The molecule has 3 rings (SSSR count). The van der Waals surface area contributed by atoms with Crippen molar-refractivity contribution in [3.8, 4) is 5.75 Å². The van der Waals surface area contributed by atoms with Gasteiger partial charge in [-0.25, -0.2) is 0 Å². The topological polar surface area (TPSA) is 52.6 Å². The number of hydrogen-bond acceptors (Lipinski definition) is 4. The van der Waals surface area contributed by atoms with Crippen LogP contribution in [0.4, 0.5) is 0 Å². The highest BCUT2D eigenvalue weighted by atomic mass is 32.2. The average Bonchev–Trinajstić information content (AvgIpc) is 2.60. The first-order valence-corrected chi connectivity index (χ1v) is 9.46. The highest BCUT2D eigenvalue weighted by molar-refractivity contribution is 7.86. The second-order valence-electron chi connectivity index (χ2n) is 5.99. The van der Waals surface area contributed by atoms with Gasteiger partial charge in [0.15, 0.2) is 0 Å². The summed E-state index contributed by atoms with van der Waals surface area (Å²) in [5, 5.41) is 2.20. The van der Waals surface area contributed by atoms with E-state index in [2.05, 4.69) is 0 Å². The zero-order chi connectivity index (χ0) is 17.9. The van der Waals surface area contributed by atoms with E-state index in [-0.39, 0.29) is 11.5 Å². The molecule has 0 bridgehead atoms. The van der Waals surface area contributed by atoms with E-state index >= 15 is 0 Å². The summed E-state index contributed by atoms with van der Waals surface area (Å²) in [4.78, 5) is 0.149. The van der Waals surface area contributed by atoms with Crippen molar-refractivity contribution in [2.24, 2.45) is 0 Å². The molecular weight excluding hydrogens is 336 g/mol. The van der Waals surface area contributed by atoms with Crippen LogP contribution >= 0.6 is 0 Å². The second kappa shape index (κ2) is 7.25. The molecule has 0 aliphatic rings. The fourth-order valence-corrected chi connectivity index (χ4v) is 3.54. The summed E-state index contributed by atoms with van der Waals surface area (Å²) in [5.74, 6) is 0.682. The molecule has 5 heteroatoms. The van der Waals surface area contributed by atoms with Crippen molar-refractivity contribution in [1.82, 2.24) is 0 Å². The molecule has 0 saturated carbocycles. The lowest BCUT2D eigenvalue weighted by Gasteiger charge is -2.14. The number of hydrogen-bond donors (Lipinski definition) is 0. The molecule has 0 amide bonds. The lowest BCUT2D eigenvalue weighted by atomic mass is 10.1. The minimum absolute atomic E-state index is 0.142. The zero-order valence-electron chi connectivity index (χ0n) is 14.2. The van der Waals surface area contributed by atoms with Crippen LogP contribution in [0.3, 0.4) is 0 Å². The van der Waals surface area contributed by atoms with Gasteiger partial charge in [-0.15, -0.1) is 0 Å². The van der Waals surface area contributed by atoms with Crippen molar-refractivity contribution in [2.45, 2.75) is 24.8 Å². The van der Waals surface area contributed by atoms with Gasteiger partial charge in [-0.3, -0.25) is 4.18 Å². The number of benzene rings is 3. The predicted molar refractivity (Wildman–Crippen MR) is 98.4 cm³/mol. The summed E-state index contributed by atoms with van der Waals surface area (Å²) in [7, 11) is -3.80. The van der Waals surface area contributed by atoms with E-state index in [1.54, 1.807) is 31.2 Å². The van der Waals surface area contributed by atoms with Gasteiger partial charge in [0.2, 0.25) is 0 Å². The first-order chi connectivity index (χ1) is 11.9. The molecule has 0 aromatic heterocycles. The third-order valence-corrected chi connectivity index (χ3v) is 5.24. The largest absolute Gasteiger partial charge is 0.491 e. The fraction of sp³-hybridized carbons (Fsp3) is 0.200. The first-order valence-electron chi connectivity index (χ1n) is 8.05. The van der Waals surface area contributed by atoms with E-state index in [0.717, 1.165) is 16.3 Å². The summed E-state index contributed by atoms with van der Waals surface area (Å²) >= 11 is 0. The zero-order valence-corrected chi connectivity index (χ0v) is 15.0. The second-order valence-corrected chi connectivity index (χ2v) is 7.57. The molecule has 0 heterocycles. The molecule has 3 aromatic carbocycles. The molecule has 0 fully saturated rings. The summed E-state index contributed by atoms with van der Waals surface area (Å²) in [6.07, 6.45) is -0.599. The Morgan fingerprint density at radius 2 is 1.60 bits per heavy atom. The van der Waals surface area contributed by atoms with Crippen LogP contribution in [-0.2, 0) is 14.3 Å². The van der Waals surface area contributed by atoms with Crippen molar-refractivity contribution in [3.05, 3.63) is 72.3 Å². The quantitative estimate of drug-likeness (QED) is 0.617. The van der Waals surface area contributed by atoms with Gasteiger partial charge in [0, 0.05) is 0 Å². The van der Waals surface area contributed by atoms with Crippen molar-refractivity contribution < 1.29 is 17.3 Å². The molecule has 4 nitrogen and oxygen atoms in total. The maximum Gasteiger partial charge on any atom is 0.297 e. The standard InChI is InChI=1S/C20H20O4S/c1-15-7-11-20(12-8-15)25(21,22)24-16(2)14-23-19-10-9-17-5-3-4-6-18(17)13-19/h3-13,16H,14H2,1-2H3. The minimum Gasteiger partial charge on any atom is -0.491 e. The van der Waals surface area contributed by atoms with Gasteiger partial charge in [-0.2, -0.15) is 8.42 Å². The number of ether oxygens (including phenoxy) is 1. The summed E-state index contributed by atoms with van der Waals surface area (Å²) < 4.78 is 35.4. The number of fused-ring (bicyclic) bond motifs is 1. The van der Waals surface area contributed by atoms with Crippen LogP contribution in [-0.4, -0.2) is 21.1 Å². The van der Waals surface area contributed by atoms with Gasteiger partial charge >= 0.3 is 0 Å². The molecular formula is C20H20O4S. The van der Waals surface area contributed by atoms with Gasteiger partial charge in [-0.05, 0) is 48.9 Å². The van der Waals surface area contributed by atoms with Crippen LogP contribution in [0.2, 0.25) is 0 Å². The van der Waals surface area contributed by atoms with Gasteiger partial charge in [0.25, 0.3) is 10.1 Å². The molecule has 130 valence electrons. The van der Waals surface area contributed by atoms with Gasteiger partial charge < -0.3 is 4.74 Å². The molecule has 0 aliphatic carbocycles. The monoisotopic (exact) mass is 356 g/mol. The normalized spacial score (nSPS) is 12.9. The van der Waals surface area contributed by atoms with Crippen molar-refractivity contribution in [3.63, 3.8) is 0 Å². The Labute approximate surface area is 148 Å². The van der Waals surface area contributed by atoms with Crippen LogP contribution in [0.1, 0.15) is 12.5 Å². The summed E-state index contributed by atoms with van der Waals surface area (Å²) in [6.45, 7) is 3.72. The SMILES string of the molecule is Cc1ccc(S(=O)(=O)OC(C)COc2ccc3ccccc3c2)cc1. The van der Waals surface area contributed by atoms with E-state index in [1.807, 2.05) is 49.4 Å². The molecule has 1 unspecified atom stereocenters. The van der Waals surface area contributed by atoms with E-state index in [0.29, 0.717) is 5.75 Å². The molecule has 0 spiro atoms. The van der Waals surface area contributed by atoms with Crippen molar-refractivity contribution in [2.75, 3.05) is 6.61 Å². The summed E-state index contributed by atoms with van der Waals surface area (Å²) in [6, 6.07) is 20.3. The average molecular weight is 356 g/mol. The van der Waals surface area contributed by atoms with E-state index in [1.165, 1.54) is 0 Å². The molecule has 1 atom stereocenters. The Balaban J connectivity index is 1.63. The lowest BCUT2D eigenvalue weighted by Crippen LogP contribution is -2.22. The lowest BCUT2D eigenvalue weighted by molar-refractivity contribution is 0.149. The molecule has 0 N–H and O–H groups in total. The predicted octanol–water partition coefficient (Wildman–Crippen LogP) is 4.32. The Hall–Kier alpha value is -2.37. The Morgan fingerprint density at radius 1 is 0.920 bits per heavy atom. The Bertz CT molecular complexity index is 962. The molecule has 3 aromatic rings. The maximum atomic E-state index is 12.3. The number of aryl methyl sites for hydroxylation is 1. The van der Waals surface area contributed by atoms with E-state index < -0.39 is 16.2 Å². The highest BCUT2D eigenvalue weighted by Crippen LogP contribution is 2.21. The first kappa shape index (κ1) is 17.5. The third-order valence-electron chi connectivity index (χ3n) is 3.81. The van der Waals surface area contributed by atoms with Crippen molar-refractivity contribution in [1.29, 1.82) is 0 Å². The number of rotatable bonds is 6. The maximum absolute atomic E-state index is 12.3. The van der Waals surface area contributed by atoms with Crippen LogP contribution < -0.4 is 4.74 Å². The molecule has 25 heavy (non-hydrogen) atoms. The summed E-state index contributed by atoms with van der Waals surface area (Å²) in [5.41, 5.74) is 0.992. The Kier molecular flexibility index (Phi) is 5.06. The molecule has 0 aliphatic heterocycles. The minimum atomic E-state index is -3.80. The third kappa shape index (κ3) is 4.38. The molecule has 0 radical (unpaired) electrons. The molecule has 0 saturated heterocycles. The smallest absolute Gasteiger partial charge is 0.297 e. The van der Waals surface area contributed by atoms with Gasteiger partial charge in [0.1, 0.15) is 18.5 Å². The highest BCUT2D eigenvalue weighted by Gasteiger charge is 2.19. The van der Waals surface area contributed by atoms with Crippen LogP contribution in [0.25, 0.3) is 10.8 Å². The van der Waals surface area contributed by atoms with Gasteiger partial charge in [-0.1, -0.05) is 48.0 Å². The van der Waals surface area contributed by atoms with E-state index in [9.17, 15) is 8.42 Å². The van der Waals surface area contributed by atoms with Crippen molar-refractivity contribution >= 4 is 20.9 Å². The van der Waals surface area contributed by atoms with Crippen LogP contribution in [0.15, 0.2) is 71.6 Å². The van der Waals surface area contributed by atoms with Gasteiger partial charge in [0.05, 0.1) is 4.90 Å². The van der Waals surface area contributed by atoms with Crippen LogP contribution in [0.5, 0.6) is 5.75 Å². The van der Waals surface area contributed by atoms with E-state index in [4.69, 9.17) is 8.92 Å².